The standard InChI is InChI=1S/C15H18N2O6/c1-9(14(19)17-15(16)20)23-13(18)7-4-10-8-11(21-2)5-6-12(10)22-3/h4-9H,1-3H3,(H3,16,17,19,20)/b7-4+/t9-/m0/s1. The molecule has 3 N–H and O–H groups in total. The number of urea groups is 1. The number of hydrogen-bond donors (Lipinski definition) is 2. The SMILES string of the molecule is COc1ccc(OC)c(/C=C/C(=O)O[C@@H](C)C(=O)NC(N)=O)c1. The van der Waals surface area contributed by atoms with Crippen LogP contribution in [0.3, 0.4) is 0 Å². The monoisotopic (exact) mass is 322 g/mol. The number of esters is 1. The number of carbonyl (C=O) groups excluding carboxylic acids is 3. The van der Waals surface area contributed by atoms with Crippen molar-refractivity contribution >= 4 is 24.0 Å². The first kappa shape index (κ1) is 18.0. The molecule has 124 valence electrons. The molecule has 0 aromatic heterocycles. The Hall–Kier alpha value is -3.03. The van der Waals surface area contributed by atoms with Gasteiger partial charge in [0, 0.05) is 11.6 Å². The summed E-state index contributed by atoms with van der Waals surface area (Å²) in [5.74, 6) is -0.442. The van der Waals surface area contributed by atoms with Crippen molar-refractivity contribution in [3.8, 4) is 11.5 Å². The predicted octanol–water partition coefficient (Wildman–Crippen LogP) is 0.844. The number of hydrogen-bond acceptors (Lipinski definition) is 6. The van der Waals surface area contributed by atoms with E-state index in [1.165, 1.54) is 27.2 Å². The third kappa shape index (κ3) is 5.70. The van der Waals surface area contributed by atoms with E-state index in [0.29, 0.717) is 17.1 Å². The lowest BCUT2D eigenvalue weighted by molar-refractivity contribution is -0.149. The number of carbonyl (C=O) groups is 3. The molecule has 0 unspecified atom stereocenters. The van der Waals surface area contributed by atoms with Gasteiger partial charge in [-0.2, -0.15) is 0 Å². The Morgan fingerprint density at radius 2 is 1.91 bits per heavy atom. The maximum absolute atomic E-state index is 11.7. The van der Waals surface area contributed by atoms with E-state index in [1.807, 2.05) is 5.32 Å². The van der Waals surface area contributed by atoms with Gasteiger partial charge in [0.15, 0.2) is 6.10 Å². The number of rotatable bonds is 6. The summed E-state index contributed by atoms with van der Waals surface area (Å²) in [6.07, 6.45) is 1.43. The van der Waals surface area contributed by atoms with E-state index >= 15 is 0 Å². The molecular formula is C15H18N2O6. The topological polar surface area (TPSA) is 117 Å². The van der Waals surface area contributed by atoms with E-state index in [0.717, 1.165) is 6.08 Å². The normalized spacial score (nSPS) is 11.6. The van der Waals surface area contributed by atoms with E-state index < -0.39 is 24.0 Å². The summed E-state index contributed by atoms with van der Waals surface area (Å²) >= 11 is 0. The zero-order valence-corrected chi connectivity index (χ0v) is 13.0. The van der Waals surface area contributed by atoms with Crippen molar-refractivity contribution in [2.45, 2.75) is 13.0 Å². The number of ether oxygens (including phenoxy) is 3. The molecule has 0 spiro atoms. The maximum Gasteiger partial charge on any atom is 0.331 e. The Morgan fingerprint density at radius 3 is 2.48 bits per heavy atom. The minimum atomic E-state index is -1.16. The van der Waals surface area contributed by atoms with Gasteiger partial charge in [-0.1, -0.05) is 0 Å². The lowest BCUT2D eigenvalue weighted by Gasteiger charge is -2.10. The minimum Gasteiger partial charge on any atom is -0.497 e. The first-order valence-corrected chi connectivity index (χ1v) is 6.58. The quantitative estimate of drug-likeness (QED) is 0.592. The van der Waals surface area contributed by atoms with Gasteiger partial charge in [-0.3, -0.25) is 10.1 Å². The van der Waals surface area contributed by atoms with Crippen LogP contribution < -0.4 is 20.5 Å². The third-order valence-electron chi connectivity index (χ3n) is 2.74. The Bertz CT molecular complexity index is 626. The molecule has 1 rings (SSSR count). The lowest BCUT2D eigenvalue weighted by atomic mass is 10.1. The highest BCUT2D eigenvalue weighted by atomic mass is 16.5. The molecule has 8 nitrogen and oxygen atoms in total. The van der Waals surface area contributed by atoms with Crippen molar-refractivity contribution in [2.24, 2.45) is 5.73 Å². The molecule has 0 aliphatic carbocycles. The van der Waals surface area contributed by atoms with Crippen LogP contribution in [0.2, 0.25) is 0 Å². The fraction of sp³-hybridized carbons (Fsp3) is 0.267. The van der Waals surface area contributed by atoms with E-state index in [2.05, 4.69) is 0 Å². The van der Waals surface area contributed by atoms with Gasteiger partial charge < -0.3 is 19.9 Å². The van der Waals surface area contributed by atoms with Crippen LogP contribution in [0.25, 0.3) is 6.08 Å². The van der Waals surface area contributed by atoms with E-state index in [-0.39, 0.29) is 0 Å². The van der Waals surface area contributed by atoms with Gasteiger partial charge in [-0.05, 0) is 31.2 Å². The summed E-state index contributed by atoms with van der Waals surface area (Å²) < 4.78 is 15.1. The van der Waals surface area contributed by atoms with Crippen LogP contribution in [-0.4, -0.2) is 38.2 Å². The number of amides is 3. The highest BCUT2D eigenvalue weighted by molar-refractivity contribution is 5.97. The average Bonchev–Trinajstić information content (AvgIpc) is 2.51. The first-order chi connectivity index (χ1) is 10.9. The number of nitrogens with two attached hydrogens (primary N) is 1. The predicted molar refractivity (Wildman–Crippen MR) is 81.9 cm³/mol. The third-order valence-corrected chi connectivity index (χ3v) is 2.74. The zero-order chi connectivity index (χ0) is 17.4. The Balaban J connectivity index is 2.75. The molecule has 0 aliphatic heterocycles. The number of methoxy groups -OCH3 is 2. The molecule has 1 atom stereocenters. The van der Waals surface area contributed by atoms with Crippen molar-refractivity contribution in [3.63, 3.8) is 0 Å². The molecule has 0 bridgehead atoms. The Labute approximate surface area is 133 Å². The summed E-state index contributed by atoms with van der Waals surface area (Å²) in [4.78, 5) is 33.6. The number of imide groups is 1. The van der Waals surface area contributed by atoms with Gasteiger partial charge in [0.05, 0.1) is 14.2 Å². The van der Waals surface area contributed by atoms with Gasteiger partial charge in [-0.25, -0.2) is 9.59 Å². The van der Waals surface area contributed by atoms with Crippen LogP contribution in [-0.2, 0) is 14.3 Å². The van der Waals surface area contributed by atoms with Crippen LogP contribution in [0.5, 0.6) is 11.5 Å². The molecule has 3 amide bonds. The van der Waals surface area contributed by atoms with Crippen LogP contribution in [0.15, 0.2) is 24.3 Å². The summed E-state index contributed by atoms with van der Waals surface area (Å²) in [5.41, 5.74) is 5.40. The molecule has 0 heterocycles. The van der Waals surface area contributed by atoms with Crippen LogP contribution >= 0.6 is 0 Å². The molecular weight excluding hydrogens is 304 g/mol. The highest BCUT2D eigenvalue weighted by Crippen LogP contribution is 2.25. The van der Waals surface area contributed by atoms with E-state index in [9.17, 15) is 14.4 Å². The van der Waals surface area contributed by atoms with Crippen molar-refractivity contribution in [1.29, 1.82) is 0 Å². The van der Waals surface area contributed by atoms with Crippen molar-refractivity contribution < 1.29 is 28.6 Å². The molecule has 1 aromatic rings. The van der Waals surface area contributed by atoms with Gasteiger partial charge in [0.1, 0.15) is 11.5 Å². The van der Waals surface area contributed by atoms with E-state index in [1.54, 1.807) is 18.2 Å². The molecule has 1 aromatic carbocycles. The minimum absolute atomic E-state index is 0.536. The molecule has 0 radical (unpaired) electrons. The first-order valence-electron chi connectivity index (χ1n) is 6.58. The summed E-state index contributed by atoms with van der Waals surface area (Å²) in [6, 6.07) is 4.05. The lowest BCUT2D eigenvalue weighted by Crippen LogP contribution is -2.42. The summed E-state index contributed by atoms with van der Waals surface area (Å²) in [7, 11) is 3.01. The Morgan fingerprint density at radius 1 is 1.22 bits per heavy atom. The molecule has 8 heteroatoms. The average molecular weight is 322 g/mol. The zero-order valence-electron chi connectivity index (χ0n) is 13.0. The van der Waals surface area contributed by atoms with Crippen LogP contribution in [0, 0.1) is 0 Å². The summed E-state index contributed by atoms with van der Waals surface area (Å²) in [6.45, 7) is 1.32. The summed E-state index contributed by atoms with van der Waals surface area (Å²) in [5, 5.41) is 1.82. The highest BCUT2D eigenvalue weighted by Gasteiger charge is 2.17. The van der Waals surface area contributed by atoms with Crippen LogP contribution in [0.4, 0.5) is 4.79 Å². The fourth-order valence-corrected chi connectivity index (χ4v) is 1.62. The van der Waals surface area contributed by atoms with Gasteiger partial charge >= 0.3 is 12.0 Å². The van der Waals surface area contributed by atoms with Crippen molar-refractivity contribution in [1.82, 2.24) is 5.32 Å². The number of benzene rings is 1. The number of nitrogens with one attached hydrogen (secondary N) is 1. The second kappa shape index (κ2) is 8.42. The van der Waals surface area contributed by atoms with E-state index in [4.69, 9.17) is 19.9 Å². The molecule has 0 fully saturated rings. The molecule has 0 saturated carbocycles. The fourth-order valence-electron chi connectivity index (χ4n) is 1.62. The Kier molecular flexibility index (Phi) is 6.60. The molecule has 0 aliphatic rings. The number of primary amides is 1. The molecule has 23 heavy (non-hydrogen) atoms. The van der Waals surface area contributed by atoms with Crippen molar-refractivity contribution in [2.75, 3.05) is 14.2 Å². The molecule has 0 saturated heterocycles. The van der Waals surface area contributed by atoms with Crippen molar-refractivity contribution in [3.05, 3.63) is 29.8 Å². The van der Waals surface area contributed by atoms with Gasteiger partial charge in [-0.15, -0.1) is 0 Å². The second-order valence-electron chi connectivity index (χ2n) is 4.37. The largest absolute Gasteiger partial charge is 0.497 e. The second-order valence-corrected chi connectivity index (χ2v) is 4.37. The smallest absolute Gasteiger partial charge is 0.331 e. The maximum atomic E-state index is 11.7. The van der Waals surface area contributed by atoms with Gasteiger partial charge in [0.2, 0.25) is 0 Å². The van der Waals surface area contributed by atoms with Crippen LogP contribution in [0.1, 0.15) is 12.5 Å². The van der Waals surface area contributed by atoms with Gasteiger partial charge in [0.25, 0.3) is 5.91 Å².